The summed E-state index contributed by atoms with van der Waals surface area (Å²) in [4.78, 5) is 17.9. The Kier molecular flexibility index (Phi) is 3.77. The minimum absolute atomic E-state index is 0.00604. The zero-order valence-electron chi connectivity index (χ0n) is 9.52. The first-order chi connectivity index (χ1) is 8.91. The molecule has 0 aliphatic rings. The lowest BCUT2D eigenvalue weighted by atomic mass is 10.1. The van der Waals surface area contributed by atoms with Crippen molar-refractivity contribution in [2.45, 2.75) is 6.92 Å². The van der Waals surface area contributed by atoms with Gasteiger partial charge in [-0.15, -0.1) is 0 Å². The Morgan fingerprint density at radius 3 is 2.74 bits per heavy atom. The van der Waals surface area contributed by atoms with Crippen LogP contribution in [0.1, 0.15) is 5.69 Å². The third kappa shape index (κ3) is 2.57. The monoisotopic (exact) mass is 345 g/mol. The summed E-state index contributed by atoms with van der Waals surface area (Å²) in [6.07, 6.45) is 0. The average molecular weight is 347 g/mol. The summed E-state index contributed by atoms with van der Waals surface area (Å²) in [5, 5.41) is 10.9. The maximum absolute atomic E-state index is 14.0. The minimum atomic E-state index is -0.651. The highest BCUT2D eigenvalue weighted by Crippen LogP contribution is 2.34. The van der Waals surface area contributed by atoms with Crippen LogP contribution >= 0.6 is 27.5 Å². The molecule has 0 saturated heterocycles. The average Bonchev–Trinajstić information content (AvgIpc) is 2.31. The van der Waals surface area contributed by atoms with Gasteiger partial charge < -0.3 is 0 Å². The first-order valence-electron chi connectivity index (χ1n) is 5.04. The van der Waals surface area contributed by atoms with E-state index in [4.69, 9.17) is 11.6 Å². The molecule has 5 nitrogen and oxygen atoms in total. The molecule has 0 amide bonds. The number of aromatic nitrogens is 2. The van der Waals surface area contributed by atoms with Crippen LogP contribution in [0, 0.1) is 22.9 Å². The third-order valence-corrected chi connectivity index (χ3v) is 3.20. The highest BCUT2D eigenvalue weighted by atomic mass is 79.9. The molecule has 0 saturated carbocycles. The summed E-state index contributed by atoms with van der Waals surface area (Å²) in [6, 6.07) is 4.43. The van der Waals surface area contributed by atoms with E-state index in [2.05, 4.69) is 25.9 Å². The molecule has 1 heterocycles. The summed E-state index contributed by atoms with van der Waals surface area (Å²) in [6.45, 7) is 1.42. The van der Waals surface area contributed by atoms with E-state index in [1.807, 2.05) is 0 Å². The van der Waals surface area contributed by atoms with E-state index in [0.29, 0.717) is 0 Å². The number of rotatable bonds is 2. The van der Waals surface area contributed by atoms with Crippen LogP contribution in [0.2, 0.25) is 5.28 Å². The first-order valence-corrected chi connectivity index (χ1v) is 6.22. The van der Waals surface area contributed by atoms with Crippen LogP contribution in [0.5, 0.6) is 0 Å². The van der Waals surface area contributed by atoms with Gasteiger partial charge in [0.15, 0.2) is 5.69 Å². The Morgan fingerprint density at radius 2 is 2.11 bits per heavy atom. The zero-order chi connectivity index (χ0) is 14.2. The molecule has 0 spiro atoms. The molecule has 0 atom stereocenters. The van der Waals surface area contributed by atoms with E-state index in [1.54, 1.807) is 6.07 Å². The number of halogens is 3. The molecule has 2 aromatic rings. The molecule has 0 aliphatic carbocycles. The molecule has 0 unspecified atom stereocenters. The summed E-state index contributed by atoms with van der Waals surface area (Å²) in [7, 11) is 0. The highest BCUT2D eigenvalue weighted by Gasteiger charge is 2.25. The van der Waals surface area contributed by atoms with Gasteiger partial charge in [0.2, 0.25) is 5.28 Å². The fourth-order valence-electron chi connectivity index (χ4n) is 1.63. The maximum atomic E-state index is 14.0. The van der Waals surface area contributed by atoms with Gasteiger partial charge in [-0.05, 0) is 46.6 Å². The number of hydrogen-bond acceptors (Lipinski definition) is 4. The molecule has 1 aromatic carbocycles. The van der Waals surface area contributed by atoms with Gasteiger partial charge in [-0.3, -0.25) is 10.1 Å². The van der Waals surface area contributed by atoms with Crippen LogP contribution in [-0.4, -0.2) is 14.9 Å². The van der Waals surface area contributed by atoms with Gasteiger partial charge in [0.05, 0.1) is 9.40 Å². The quantitative estimate of drug-likeness (QED) is 0.469. The van der Waals surface area contributed by atoms with E-state index in [1.165, 1.54) is 19.1 Å². The van der Waals surface area contributed by atoms with E-state index in [-0.39, 0.29) is 32.4 Å². The lowest BCUT2D eigenvalue weighted by Crippen LogP contribution is -2.02. The standard InChI is InChI=1S/C11H6BrClFN3O2/c1-5-10(17(18)19)9(16-11(13)15-5)6-3-2-4-7(12)8(6)14/h2-4H,1H3. The zero-order valence-corrected chi connectivity index (χ0v) is 11.9. The van der Waals surface area contributed by atoms with Crippen molar-refractivity contribution < 1.29 is 9.31 Å². The van der Waals surface area contributed by atoms with Crippen molar-refractivity contribution in [3.63, 3.8) is 0 Å². The second-order valence-corrected chi connectivity index (χ2v) is 4.83. The maximum Gasteiger partial charge on any atom is 0.316 e. The summed E-state index contributed by atoms with van der Waals surface area (Å²) >= 11 is 8.71. The van der Waals surface area contributed by atoms with Crippen molar-refractivity contribution in [2.75, 3.05) is 0 Å². The van der Waals surface area contributed by atoms with Gasteiger partial charge in [-0.1, -0.05) is 6.07 Å². The molecule has 0 N–H and O–H groups in total. The molecule has 1 aromatic heterocycles. The minimum Gasteiger partial charge on any atom is -0.258 e. The number of nitro groups is 1. The molecule has 19 heavy (non-hydrogen) atoms. The predicted molar refractivity (Wildman–Crippen MR) is 71.5 cm³/mol. The number of benzene rings is 1. The van der Waals surface area contributed by atoms with Crippen LogP contribution < -0.4 is 0 Å². The Morgan fingerprint density at radius 1 is 1.42 bits per heavy atom. The van der Waals surface area contributed by atoms with Crippen molar-refractivity contribution in [1.82, 2.24) is 9.97 Å². The van der Waals surface area contributed by atoms with Gasteiger partial charge >= 0.3 is 5.69 Å². The second kappa shape index (κ2) is 5.18. The first kappa shape index (κ1) is 13.8. The lowest BCUT2D eigenvalue weighted by molar-refractivity contribution is -0.385. The van der Waals surface area contributed by atoms with Crippen LogP contribution in [-0.2, 0) is 0 Å². The van der Waals surface area contributed by atoms with E-state index in [0.717, 1.165) is 0 Å². The number of nitrogens with zero attached hydrogens (tertiary/aromatic N) is 3. The second-order valence-electron chi connectivity index (χ2n) is 3.63. The molecular formula is C11H6BrClFN3O2. The lowest BCUT2D eigenvalue weighted by Gasteiger charge is -2.07. The van der Waals surface area contributed by atoms with Gasteiger partial charge in [-0.2, -0.15) is 0 Å². The Balaban J connectivity index is 2.81. The van der Waals surface area contributed by atoms with Gasteiger partial charge in [-0.25, -0.2) is 14.4 Å². The predicted octanol–water partition coefficient (Wildman–Crippen LogP) is 3.92. The topological polar surface area (TPSA) is 68.9 Å². The Hall–Kier alpha value is -1.60. The fourth-order valence-corrected chi connectivity index (χ4v) is 2.20. The van der Waals surface area contributed by atoms with Crippen molar-refractivity contribution >= 4 is 33.2 Å². The fraction of sp³-hybridized carbons (Fsp3) is 0.0909. The Bertz CT molecular complexity index is 681. The van der Waals surface area contributed by atoms with Crippen LogP contribution in [0.25, 0.3) is 11.3 Å². The largest absolute Gasteiger partial charge is 0.316 e. The van der Waals surface area contributed by atoms with Gasteiger partial charge in [0.25, 0.3) is 0 Å². The molecule has 0 radical (unpaired) electrons. The summed E-state index contributed by atoms with van der Waals surface area (Å²) in [5.41, 5.74) is -0.421. The molecule has 98 valence electrons. The summed E-state index contributed by atoms with van der Waals surface area (Å²) < 4.78 is 14.2. The molecule has 0 aliphatic heterocycles. The normalized spacial score (nSPS) is 10.5. The molecule has 2 rings (SSSR count). The van der Waals surface area contributed by atoms with Gasteiger partial charge in [0, 0.05) is 5.56 Å². The molecular weight excluding hydrogens is 340 g/mol. The number of aryl methyl sites for hydroxylation is 1. The highest BCUT2D eigenvalue weighted by molar-refractivity contribution is 9.10. The van der Waals surface area contributed by atoms with Crippen LogP contribution in [0.3, 0.4) is 0 Å². The number of hydrogen-bond donors (Lipinski definition) is 0. The smallest absolute Gasteiger partial charge is 0.258 e. The van der Waals surface area contributed by atoms with Gasteiger partial charge in [0.1, 0.15) is 11.5 Å². The SMILES string of the molecule is Cc1nc(Cl)nc(-c2cccc(Br)c2F)c1[N+](=O)[O-]. The van der Waals surface area contributed by atoms with Crippen LogP contribution in [0.15, 0.2) is 22.7 Å². The van der Waals surface area contributed by atoms with E-state index >= 15 is 0 Å². The third-order valence-electron chi connectivity index (χ3n) is 2.42. The van der Waals surface area contributed by atoms with E-state index in [9.17, 15) is 14.5 Å². The summed E-state index contributed by atoms with van der Waals surface area (Å²) in [5.74, 6) is -0.639. The molecule has 8 heteroatoms. The molecule has 0 fully saturated rings. The van der Waals surface area contributed by atoms with Crippen LogP contribution in [0.4, 0.5) is 10.1 Å². The van der Waals surface area contributed by atoms with Crippen molar-refractivity contribution in [3.05, 3.63) is 49.6 Å². The van der Waals surface area contributed by atoms with E-state index < -0.39 is 10.7 Å². The Labute approximate surface area is 120 Å². The van der Waals surface area contributed by atoms with Crippen molar-refractivity contribution in [2.24, 2.45) is 0 Å². The molecule has 0 bridgehead atoms. The van der Waals surface area contributed by atoms with Crippen molar-refractivity contribution in [3.8, 4) is 11.3 Å². The van der Waals surface area contributed by atoms with Crippen molar-refractivity contribution in [1.29, 1.82) is 0 Å².